The quantitative estimate of drug-likeness (QED) is 0.343. The van der Waals surface area contributed by atoms with E-state index in [-0.39, 0.29) is 16.8 Å². The highest BCUT2D eigenvalue weighted by Gasteiger charge is 2.32. The molecule has 1 aliphatic carbocycles. The summed E-state index contributed by atoms with van der Waals surface area (Å²) < 4.78 is 33.2. The van der Waals surface area contributed by atoms with E-state index in [4.69, 9.17) is 27.8 Å². The minimum absolute atomic E-state index is 0.135. The Labute approximate surface area is 178 Å². The Morgan fingerprint density at radius 2 is 1.83 bits per heavy atom. The Hall–Kier alpha value is -3.04. The monoisotopic (exact) mass is 445 g/mol. The van der Waals surface area contributed by atoms with Crippen molar-refractivity contribution in [1.82, 2.24) is 3.97 Å². The van der Waals surface area contributed by atoms with Gasteiger partial charge in [-0.1, -0.05) is 11.6 Å². The average Bonchev–Trinajstić information content (AvgIpc) is 3.49. The zero-order chi connectivity index (χ0) is 21.5. The lowest BCUT2D eigenvalue weighted by Gasteiger charge is -2.08. The van der Waals surface area contributed by atoms with Crippen molar-refractivity contribution < 1.29 is 13.2 Å². The number of halogens is 1. The number of rotatable bonds is 6. The number of fused-ring (bicyclic) bond motifs is 1. The molecule has 1 aromatic heterocycles. The first-order valence-electron chi connectivity index (χ1n) is 9.18. The summed E-state index contributed by atoms with van der Waals surface area (Å²) in [6.45, 7) is 0. The first-order valence-corrected chi connectivity index (χ1v) is 11.0. The predicted octanol–water partition coefficient (Wildman–Crippen LogP) is 2.93. The fraction of sp³-hybridized carbons (Fsp3) is 0.200. The van der Waals surface area contributed by atoms with Gasteiger partial charge in [0.15, 0.2) is 0 Å². The van der Waals surface area contributed by atoms with Crippen molar-refractivity contribution in [3.05, 3.63) is 59.2 Å². The van der Waals surface area contributed by atoms with Crippen LogP contribution in [0.4, 0.5) is 0 Å². The Bertz CT molecular complexity index is 1270. The highest BCUT2D eigenvalue weighted by Crippen LogP contribution is 2.37. The molecular weight excluding hydrogens is 426 g/mol. The van der Waals surface area contributed by atoms with Crippen molar-refractivity contribution in [2.75, 3.05) is 7.11 Å². The molecular formula is C20H20ClN5O3S. The second-order valence-corrected chi connectivity index (χ2v) is 9.22. The van der Waals surface area contributed by atoms with E-state index in [1.165, 1.54) is 23.2 Å². The van der Waals surface area contributed by atoms with E-state index < -0.39 is 10.0 Å². The molecule has 0 bridgehead atoms. The van der Waals surface area contributed by atoms with Gasteiger partial charge in [0.05, 0.1) is 23.2 Å². The number of nitrogens with zero attached hydrogens (tertiary/aromatic N) is 3. The van der Waals surface area contributed by atoms with Crippen molar-refractivity contribution in [3.8, 4) is 5.75 Å². The molecule has 10 heteroatoms. The summed E-state index contributed by atoms with van der Waals surface area (Å²) in [5, 5.41) is 9.16. The van der Waals surface area contributed by atoms with Gasteiger partial charge in [-0.2, -0.15) is 5.10 Å². The molecule has 1 fully saturated rings. The largest absolute Gasteiger partial charge is 0.497 e. The van der Waals surface area contributed by atoms with Gasteiger partial charge < -0.3 is 16.2 Å². The molecule has 1 heterocycles. The molecule has 156 valence electrons. The van der Waals surface area contributed by atoms with Crippen molar-refractivity contribution >= 4 is 44.2 Å². The van der Waals surface area contributed by atoms with Gasteiger partial charge >= 0.3 is 0 Å². The van der Waals surface area contributed by atoms with Crippen molar-refractivity contribution in [2.45, 2.75) is 17.7 Å². The summed E-state index contributed by atoms with van der Waals surface area (Å²) in [6.07, 6.45) is 3.41. The molecule has 30 heavy (non-hydrogen) atoms. The van der Waals surface area contributed by atoms with Crippen LogP contribution in [0.1, 0.15) is 18.4 Å². The Morgan fingerprint density at radius 3 is 2.43 bits per heavy atom. The third-order valence-corrected chi connectivity index (χ3v) is 6.78. The first kappa shape index (κ1) is 20.2. The second-order valence-electron chi connectivity index (χ2n) is 6.97. The van der Waals surface area contributed by atoms with Crippen molar-refractivity contribution in [3.63, 3.8) is 0 Å². The maximum Gasteiger partial charge on any atom is 0.268 e. The van der Waals surface area contributed by atoms with Gasteiger partial charge in [0, 0.05) is 28.1 Å². The number of hydrogen-bond acceptors (Lipinski definition) is 5. The van der Waals surface area contributed by atoms with E-state index >= 15 is 0 Å². The normalized spacial score (nSPS) is 14.7. The van der Waals surface area contributed by atoms with E-state index in [0.717, 1.165) is 12.8 Å². The molecule has 1 saturated carbocycles. The lowest BCUT2D eigenvalue weighted by atomic mass is 10.1. The van der Waals surface area contributed by atoms with Gasteiger partial charge in [-0.15, -0.1) is 5.10 Å². The average molecular weight is 446 g/mol. The van der Waals surface area contributed by atoms with E-state index in [9.17, 15) is 8.42 Å². The molecule has 4 N–H and O–H groups in total. The number of guanidine groups is 1. The van der Waals surface area contributed by atoms with Gasteiger partial charge in [-0.3, -0.25) is 0 Å². The van der Waals surface area contributed by atoms with Crippen LogP contribution in [0.15, 0.2) is 63.8 Å². The number of nitrogens with two attached hydrogens (primary N) is 2. The fourth-order valence-corrected chi connectivity index (χ4v) is 4.80. The highest BCUT2D eigenvalue weighted by molar-refractivity contribution is 7.90. The van der Waals surface area contributed by atoms with Gasteiger partial charge in [-0.05, 0) is 55.3 Å². The molecule has 8 nitrogen and oxygen atoms in total. The van der Waals surface area contributed by atoms with Crippen LogP contribution in [0.5, 0.6) is 5.75 Å². The Kier molecular flexibility index (Phi) is 5.17. The number of ether oxygens (including phenoxy) is 1. The van der Waals surface area contributed by atoms with Crippen LogP contribution in [-0.4, -0.2) is 31.2 Å². The third-order valence-electron chi connectivity index (χ3n) is 4.86. The van der Waals surface area contributed by atoms with Crippen LogP contribution in [0.2, 0.25) is 5.02 Å². The van der Waals surface area contributed by atoms with Crippen LogP contribution in [0, 0.1) is 5.92 Å². The summed E-state index contributed by atoms with van der Waals surface area (Å²) in [5.74, 6) is 0.565. The summed E-state index contributed by atoms with van der Waals surface area (Å²) in [7, 11) is -2.35. The van der Waals surface area contributed by atoms with E-state index in [2.05, 4.69) is 10.2 Å². The lowest BCUT2D eigenvalue weighted by molar-refractivity contribution is 0.414. The molecule has 0 amide bonds. The van der Waals surface area contributed by atoms with Crippen molar-refractivity contribution in [1.29, 1.82) is 0 Å². The number of aromatic nitrogens is 1. The lowest BCUT2D eigenvalue weighted by Crippen LogP contribution is -2.22. The summed E-state index contributed by atoms with van der Waals surface area (Å²) in [5.41, 5.74) is 12.6. The molecule has 2 aromatic carbocycles. The standard InChI is InChI=1S/C20H20ClN5O3S/c1-29-14-5-7-15(8-6-14)30(27,28)26-11-17(16-10-13(21)4-9-18(16)26)19(12-2-3-12)24-25-20(22)23/h4-12H,2-3H2,1H3,(H4,22,23,25)/b24-19+. The third kappa shape index (κ3) is 3.73. The van der Waals surface area contributed by atoms with Gasteiger partial charge in [0.25, 0.3) is 10.0 Å². The molecule has 0 saturated heterocycles. The number of methoxy groups -OCH3 is 1. The van der Waals surface area contributed by atoms with Crippen LogP contribution in [-0.2, 0) is 10.0 Å². The van der Waals surface area contributed by atoms with Gasteiger partial charge in [0.1, 0.15) is 5.75 Å². The SMILES string of the molecule is COc1ccc(S(=O)(=O)n2cc(/C(=N/N=C(N)N)C3CC3)c3cc(Cl)ccc32)cc1. The molecule has 1 aliphatic rings. The summed E-state index contributed by atoms with van der Waals surface area (Å²) in [6, 6.07) is 11.3. The van der Waals surface area contributed by atoms with Crippen LogP contribution >= 0.6 is 11.6 Å². The maximum absolute atomic E-state index is 13.4. The minimum Gasteiger partial charge on any atom is -0.497 e. The highest BCUT2D eigenvalue weighted by atomic mass is 35.5. The Morgan fingerprint density at radius 1 is 1.13 bits per heavy atom. The minimum atomic E-state index is -3.87. The zero-order valence-corrected chi connectivity index (χ0v) is 17.7. The fourth-order valence-electron chi connectivity index (χ4n) is 3.26. The second kappa shape index (κ2) is 7.66. The van der Waals surface area contributed by atoms with Gasteiger partial charge in [0.2, 0.25) is 5.96 Å². The molecule has 3 aromatic rings. The van der Waals surface area contributed by atoms with E-state index in [0.29, 0.717) is 33.0 Å². The van der Waals surface area contributed by atoms with Crippen LogP contribution < -0.4 is 16.2 Å². The molecule has 0 atom stereocenters. The first-order chi connectivity index (χ1) is 14.3. The zero-order valence-electron chi connectivity index (χ0n) is 16.1. The molecule has 0 spiro atoms. The molecule has 4 rings (SSSR count). The van der Waals surface area contributed by atoms with E-state index in [1.54, 1.807) is 36.5 Å². The summed E-state index contributed by atoms with van der Waals surface area (Å²) in [4.78, 5) is 0.135. The van der Waals surface area contributed by atoms with Gasteiger partial charge in [-0.25, -0.2) is 12.4 Å². The van der Waals surface area contributed by atoms with Crippen LogP contribution in [0.3, 0.4) is 0 Å². The van der Waals surface area contributed by atoms with E-state index in [1.807, 2.05) is 0 Å². The number of benzene rings is 2. The summed E-state index contributed by atoms with van der Waals surface area (Å²) >= 11 is 6.21. The molecule has 0 aliphatic heterocycles. The Balaban J connectivity index is 1.93. The molecule has 0 unspecified atom stereocenters. The number of hydrogen-bond donors (Lipinski definition) is 2. The van der Waals surface area contributed by atoms with Crippen LogP contribution in [0.25, 0.3) is 10.9 Å². The smallest absolute Gasteiger partial charge is 0.268 e. The predicted molar refractivity (Wildman–Crippen MR) is 118 cm³/mol. The maximum atomic E-state index is 13.4. The topological polar surface area (TPSA) is 125 Å². The van der Waals surface area contributed by atoms with Crippen molar-refractivity contribution in [2.24, 2.45) is 27.6 Å². The molecule has 0 radical (unpaired) electrons.